The first-order chi connectivity index (χ1) is 14.0. The molecule has 0 bridgehead atoms. The molecule has 30 heavy (non-hydrogen) atoms. The van der Waals surface area contributed by atoms with Crippen molar-refractivity contribution in [2.24, 2.45) is 0 Å². The first-order valence-corrected chi connectivity index (χ1v) is 9.09. The third-order valence-corrected chi connectivity index (χ3v) is 5.01. The number of imidazole rings is 1. The van der Waals surface area contributed by atoms with Gasteiger partial charge in [-0.2, -0.15) is 8.78 Å². The van der Waals surface area contributed by atoms with E-state index in [4.69, 9.17) is 0 Å². The molecule has 0 atom stereocenters. The van der Waals surface area contributed by atoms with E-state index in [1.807, 2.05) is 6.07 Å². The highest BCUT2D eigenvalue weighted by atomic mass is 79.9. The average Bonchev–Trinajstić information content (AvgIpc) is 2.99. The van der Waals surface area contributed by atoms with Gasteiger partial charge in [0.05, 0.1) is 6.61 Å². The lowest BCUT2D eigenvalue weighted by Crippen LogP contribution is -3.00. The van der Waals surface area contributed by atoms with Gasteiger partial charge in [0.1, 0.15) is 13.1 Å². The molecule has 1 aliphatic rings. The number of carbonyl (C=O) groups is 2. The van der Waals surface area contributed by atoms with Crippen molar-refractivity contribution in [3.05, 3.63) is 82.7 Å². The highest BCUT2D eigenvalue weighted by molar-refractivity contribution is 6.26. The number of carbonyl (C=O) groups excluding carboxylic acids is 2. The van der Waals surface area contributed by atoms with E-state index >= 15 is 0 Å². The van der Waals surface area contributed by atoms with Crippen LogP contribution < -0.4 is 21.5 Å². The van der Waals surface area contributed by atoms with Gasteiger partial charge in [0.2, 0.25) is 23.0 Å². The van der Waals surface area contributed by atoms with Crippen molar-refractivity contribution in [1.82, 2.24) is 9.55 Å². The van der Waals surface area contributed by atoms with Gasteiger partial charge < -0.3 is 21.7 Å². The van der Waals surface area contributed by atoms with E-state index in [0.717, 1.165) is 5.56 Å². The van der Waals surface area contributed by atoms with Crippen molar-refractivity contribution in [3.63, 3.8) is 0 Å². The van der Waals surface area contributed by atoms with Gasteiger partial charge in [-0.15, -0.1) is 0 Å². The zero-order valence-electron chi connectivity index (χ0n) is 16.0. The number of ether oxygens (including phenoxy) is 1. The van der Waals surface area contributed by atoms with Gasteiger partial charge in [-0.25, -0.2) is 9.13 Å². The molecule has 0 spiro atoms. The lowest BCUT2D eigenvalue weighted by atomic mass is 9.90. The number of ketones is 2. The Labute approximate surface area is 181 Å². The number of rotatable bonds is 6. The summed E-state index contributed by atoms with van der Waals surface area (Å²) in [5.41, 5.74) is 1.96. The van der Waals surface area contributed by atoms with Gasteiger partial charge in [0, 0.05) is 36.0 Å². The SMILES string of the molecule is Cc1n(CCOC(F)F)c2c([n+]1Cc1cccnc1)C(=O)c1ccccc1C2=O.[Br-]. The number of benzene rings is 1. The summed E-state index contributed by atoms with van der Waals surface area (Å²) in [4.78, 5) is 30.6. The van der Waals surface area contributed by atoms with Crippen LogP contribution in [-0.4, -0.2) is 34.3 Å². The molecule has 0 radical (unpaired) electrons. The Morgan fingerprint density at radius 2 is 1.80 bits per heavy atom. The van der Waals surface area contributed by atoms with Crippen LogP contribution >= 0.6 is 0 Å². The number of hydrogen-bond donors (Lipinski definition) is 0. The molecule has 1 aliphatic carbocycles. The van der Waals surface area contributed by atoms with Crippen molar-refractivity contribution in [3.8, 4) is 0 Å². The summed E-state index contributed by atoms with van der Waals surface area (Å²) in [6.45, 7) is -1.08. The van der Waals surface area contributed by atoms with Gasteiger partial charge in [-0.3, -0.25) is 14.6 Å². The monoisotopic (exact) mass is 477 g/mol. The predicted octanol–water partition coefficient (Wildman–Crippen LogP) is -0.454. The largest absolute Gasteiger partial charge is 1.00 e. The summed E-state index contributed by atoms with van der Waals surface area (Å²) in [5, 5.41) is 0. The molecule has 0 saturated carbocycles. The third-order valence-electron chi connectivity index (χ3n) is 5.01. The Morgan fingerprint density at radius 3 is 2.43 bits per heavy atom. The van der Waals surface area contributed by atoms with E-state index < -0.39 is 6.61 Å². The summed E-state index contributed by atoms with van der Waals surface area (Å²) in [5.74, 6) is 0.0298. The number of pyridine rings is 1. The fourth-order valence-corrected chi connectivity index (χ4v) is 3.69. The fourth-order valence-electron chi connectivity index (χ4n) is 3.69. The van der Waals surface area contributed by atoms with Gasteiger partial charge in [-0.1, -0.05) is 30.3 Å². The molecule has 0 saturated heterocycles. The van der Waals surface area contributed by atoms with Crippen LogP contribution in [0, 0.1) is 6.92 Å². The topological polar surface area (TPSA) is 65.1 Å². The molecule has 9 heteroatoms. The Kier molecular flexibility index (Phi) is 6.52. The summed E-state index contributed by atoms with van der Waals surface area (Å²) < 4.78 is 32.6. The Morgan fingerprint density at radius 1 is 1.10 bits per heavy atom. The minimum absolute atomic E-state index is 0. The number of fused-ring (bicyclic) bond motifs is 2. The first kappa shape index (κ1) is 21.9. The lowest BCUT2D eigenvalue weighted by molar-refractivity contribution is -0.695. The number of halogens is 3. The van der Waals surface area contributed by atoms with Crippen molar-refractivity contribution in [2.45, 2.75) is 26.6 Å². The maximum Gasteiger partial charge on any atom is 0.345 e. The van der Waals surface area contributed by atoms with E-state index in [2.05, 4.69) is 9.72 Å². The maximum atomic E-state index is 13.3. The van der Waals surface area contributed by atoms with Crippen molar-refractivity contribution in [1.29, 1.82) is 0 Å². The summed E-state index contributed by atoms with van der Waals surface area (Å²) in [6.07, 6.45) is 3.33. The molecule has 3 aromatic rings. The molecule has 1 aromatic carbocycles. The molecule has 0 fully saturated rings. The minimum Gasteiger partial charge on any atom is -1.00 e. The second-order valence-electron chi connectivity index (χ2n) is 6.68. The second-order valence-corrected chi connectivity index (χ2v) is 6.68. The first-order valence-electron chi connectivity index (χ1n) is 9.09. The molecule has 156 valence electrons. The zero-order valence-corrected chi connectivity index (χ0v) is 17.6. The van der Waals surface area contributed by atoms with Gasteiger partial charge >= 0.3 is 6.61 Å². The molecule has 0 aliphatic heterocycles. The molecule has 2 aromatic heterocycles. The van der Waals surface area contributed by atoms with Crippen LogP contribution in [0.25, 0.3) is 0 Å². The third kappa shape index (κ3) is 3.82. The second kappa shape index (κ2) is 8.93. The average molecular weight is 478 g/mol. The van der Waals surface area contributed by atoms with Crippen LogP contribution in [0.4, 0.5) is 8.78 Å². The summed E-state index contributed by atoms with van der Waals surface area (Å²) in [6, 6.07) is 10.3. The van der Waals surface area contributed by atoms with Crippen LogP contribution in [0.1, 0.15) is 43.5 Å². The van der Waals surface area contributed by atoms with Gasteiger partial charge in [-0.05, 0) is 6.07 Å². The van der Waals surface area contributed by atoms with E-state index in [1.54, 1.807) is 58.8 Å². The van der Waals surface area contributed by atoms with Crippen LogP contribution in [0.5, 0.6) is 0 Å². The molecule has 6 nitrogen and oxygen atoms in total. The number of aromatic nitrogens is 3. The fraction of sp³-hybridized carbons (Fsp3) is 0.238. The zero-order chi connectivity index (χ0) is 20.5. The minimum atomic E-state index is -2.90. The van der Waals surface area contributed by atoms with Gasteiger partial charge in [0.25, 0.3) is 5.82 Å². The molecule has 0 N–H and O–H groups in total. The predicted molar refractivity (Wildman–Crippen MR) is 98.0 cm³/mol. The van der Waals surface area contributed by atoms with E-state index in [1.165, 1.54) is 0 Å². The summed E-state index contributed by atoms with van der Waals surface area (Å²) >= 11 is 0. The number of alkyl halides is 2. The normalized spacial score (nSPS) is 12.5. The van der Waals surface area contributed by atoms with E-state index in [-0.39, 0.29) is 53.1 Å². The Bertz CT molecular complexity index is 1100. The quantitative estimate of drug-likeness (QED) is 0.353. The molecule has 0 unspecified atom stereocenters. The van der Waals surface area contributed by atoms with Crippen LogP contribution in [0.15, 0.2) is 48.8 Å². The van der Waals surface area contributed by atoms with Gasteiger partial charge in [0.15, 0.2) is 0 Å². The Balaban J connectivity index is 0.00000256. The number of nitrogens with zero attached hydrogens (tertiary/aromatic N) is 3. The molecule has 0 amide bonds. The standard InChI is InChI=1S/C21H18F2N3O3.BrH/c1-13-25(9-10-29-21(22)23)17-18(26(13)12-14-5-4-8-24-11-14)20(28)16-7-3-2-6-15(16)19(17)27;/h2-8,11,21H,9-10,12H2,1H3;1H/q+1;/p-1. The van der Waals surface area contributed by atoms with Crippen molar-refractivity contribution < 1.29 is 44.7 Å². The van der Waals surface area contributed by atoms with Crippen LogP contribution in [0.3, 0.4) is 0 Å². The molecular weight excluding hydrogens is 460 g/mol. The number of hydrogen-bond acceptors (Lipinski definition) is 4. The molecule has 4 rings (SSSR count). The highest BCUT2D eigenvalue weighted by Gasteiger charge is 2.42. The van der Waals surface area contributed by atoms with Crippen LogP contribution in [-0.2, 0) is 17.8 Å². The molecule has 2 heterocycles. The van der Waals surface area contributed by atoms with Crippen molar-refractivity contribution in [2.75, 3.05) is 6.61 Å². The Hall–Kier alpha value is -2.78. The summed E-state index contributed by atoms with van der Waals surface area (Å²) in [7, 11) is 0. The maximum absolute atomic E-state index is 13.3. The van der Waals surface area contributed by atoms with Crippen molar-refractivity contribution >= 4 is 11.6 Å². The highest BCUT2D eigenvalue weighted by Crippen LogP contribution is 2.27. The lowest BCUT2D eigenvalue weighted by Gasteiger charge is -2.13. The smallest absolute Gasteiger partial charge is 0.345 e. The van der Waals surface area contributed by atoms with Crippen LogP contribution in [0.2, 0.25) is 0 Å². The van der Waals surface area contributed by atoms with E-state index in [0.29, 0.717) is 23.5 Å². The van der Waals surface area contributed by atoms with E-state index in [9.17, 15) is 18.4 Å². The molecular formula is C21H18BrF2N3O3.